The highest BCUT2D eigenvalue weighted by Gasteiger charge is 2.09. The van der Waals surface area contributed by atoms with E-state index < -0.39 is 0 Å². The molecule has 90 valence electrons. The molecule has 0 saturated carbocycles. The lowest BCUT2D eigenvalue weighted by Crippen LogP contribution is -2.00. The molecule has 1 N–H and O–H groups in total. The van der Waals surface area contributed by atoms with Crippen molar-refractivity contribution in [2.45, 2.75) is 13.8 Å². The minimum Gasteiger partial charge on any atom is -0.372 e. The van der Waals surface area contributed by atoms with E-state index in [9.17, 15) is 0 Å². The van der Waals surface area contributed by atoms with Gasteiger partial charge in [-0.3, -0.25) is 0 Å². The summed E-state index contributed by atoms with van der Waals surface area (Å²) in [5.74, 6) is 0.624. The molecule has 0 radical (unpaired) electrons. The average molecular weight is 237 g/mol. The van der Waals surface area contributed by atoms with E-state index in [4.69, 9.17) is 5.26 Å². The lowest BCUT2D eigenvalue weighted by molar-refractivity contribution is 1.23. The fraction of sp³-hybridized carbons (Fsp3) is 0.200. The molecule has 18 heavy (non-hydrogen) atoms. The van der Waals surface area contributed by atoms with Crippen molar-refractivity contribution < 1.29 is 0 Å². The summed E-state index contributed by atoms with van der Waals surface area (Å²) >= 11 is 0. The molecular weight excluding hydrogens is 222 g/mol. The molecule has 1 aromatic heterocycles. The number of hydrogen-bond donors (Lipinski definition) is 1. The number of nitrogens with one attached hydrogen (secondary N) is 1. The van der Waals surface area contributed by atoms with Crippen molar-refractivity contribution in [1.82, 2.24) is 4.98 Å². The van der Waals surface area contributed by atoms with Crippen molar-refractivity contribution in [2.75, 3.05) is 12.4 Å². The quantitative estimate of drug-likeness (QED) is 0.872. The first-order valence-corrected chi connectivity index (χ1v) is 5.82. The fourth-order valence-corrected chi connectivity index (χ4v) is 1.89. The van der Waals surface area contributed by atoms with Crippen molar-refractivity contribution in [2.24, 2.45) is 0 Å². The minimum absolute atomic E-state index is 0.575. The molecule has 0 bridgehead atoms. The summed E-state index contributed by atoms with van der Waals surface area (Å²) in [4.78, 5) is 4.53. The predicted molar refractivity (Wildman–Crippen MR) is 73.4 cm³/mol. The Morgan fingerprint density at radius 1 is 1.17 bits per heavy atom. The molecule has 3 nitrogen and oxygen atoms in total. The Morgan fingerprint density at radius 3 is 2.39 bits per heavy atom. The monoisotopic (exact) mass is 237 g/mol. The normalized spacial score (nSPS) is 9.89. The largest absolute Gasteiger partial charge is 0.372 e. The Labute approximate surface area is 107 Å². The third-order valence-corrected chi connectivity index (χ3v) is 2.90. The highest BCUT2D eigenvalue weighted by Crippen LogP contribution is 2.25. The SMILES string of the molecule is CNc1nc(-c2ccc(C)cc2)c(C)cc1C#N. The highest BCUT2D eigenvalue weighted by atomic mass is 15.0. The van der Waals surface area contributed by atoms with Crippen LogP contribution in [0.4, 0.5) is 5.82 Å². The number of nitriles is 1. The predicted octanol–water partition coefficient (Wildman–Crippen LogP) is 3.28. The average Bonchev–Trinajstić information content (AvgIpc) is 2.39. The number of aryl methyl sites for hydroxylation is 2. The Bertz CT molecular complexity index is 607. The van der Waals surface area contributed by atoms with Crippen LogP contribution in [0.2, 0.25) is 0 Å². The van der Waals surface area contributed by atoms with Gasteiger partial charge in [0.15, 0.2) is 0 Å². The zero-order valence-corrected chi connectivity index (χ0v) is 10.8. The number of pyridine rings is 1. The molecule has 0 atom stereocenters. The van der Waals surface area contributed by atoms with Crippen LogP contribution < -0.4 is 5.32 Å². The van der Waals surface area contributed by atoms with Crippen molar-refractivity contribution in [3.05, 3.63) is 47.0 Å². The van der Waals surface area contributed by atoms with E-state index in [1.807, 2.05) is 13.0 Å². The van der Waals surface area contributed by atoms with Gasteiger partial charge in [0, 0.05) is 12.6 Å². The van der Waals surface area contributed by atoms with Crippen LogP contribution in [-0.2, 0) is 0 Å². The Morgan fingerprint density at radius 2 is 1.83 bits per heavy atom. The van der Waals surface area contributed by atoms with E-state index in [0.29, 0.717) is 11.4 Å². The molecule has 1 heterocycles. The van der Waals surface area contributed by atoms with Crippen LogP contribution >= 0.6 is 0 Å². The molecule has 0 aliphatic rings. The maximum Gasteiger partial charge on any atom is 0.144 e. The number of rotatable bonds is 2. The fourth-order valence-electron chi connectivity index (χ4n) is 1.89. The first-order valence-electron chi connectivity index (χ1n) is 5.82. The molecule has 2 rings (SSSR count). The molecule has 1 aromatic carbocycles. The first kappa shape index (κ1) is 12.1. The van der Waals surface area contributed by atoms with Gasteiger partial charge in [0.25, 0.3) is 0 Å². The van der Waals surface area contributed by atoms with Crippen LogP contribution in [0, 0.1) is 25.2 Å². The Kier molecular flexibility index (Phi) is 3.29. The van der Waals surface area contributed by atoms with Gasteiger partial charge in [-0.25, -0.2) is 4.98 Å². The van der Waals surface area contributed by atoms with Crippen molar-refractivity contribution in [3.8, 4) is 17.3 Å². The molecular formula is C15H15N3. The first-order chi connectivity index (χ1) is 8.65. The molecule has 0 aliphatic heterocycles. The molecule has 2 aromatic rings. The number of benzene rings is 1. The van der Waals surface area contributed by atoms with E-state index in [0.717, 1.165) is 16.8 Å². The molecule has 0 aliphatic carbocycles. The van der Waals surface area contributed by atoms with Crippen LogP contribution in [0.3, 0.4) is 0 Å². The second kappa shape index (κ2) is 4.89. The maximum atomic E-state index is 9.04. The lowest BCUT2D eigenvalue weighted by atomic mass is 10.0. The van der Waals surface area contributed by atoms with Crippen LogP contribution in [0.15, 0.2) is 30.3 Å². The molecule has 0 fully saturated rings. The summed E-state index contributed by atoms with van der Waals surface area (Å²) in [6.07, 6.45) is 0. The van der Waals surface area contributed by atoms with Gasteiger partial charge in [0.1, 0.15) is 11.9 Å². The van der Waals surface area contributed by atoms with Gasteiger partial charge in [0.2, 0.25) is 0 Å². The molecule has 0 saturated heterocycles. The van der Waals surface area contributed by atoms with E-state index in [2.05, 4.69) is 47.6 Å². The molecule has 3 heteroatoms. The van der Waals surface area contributed by atoms with Gasteiger partial charge in [-0.1, -0.05) is 29.8 Å². The summed E-state index contributed by atoms with van der Waals surface area (Å²) in [5, 5.41) is 12.0. The van der Waals surface area contributed by atoms with E-state index in [1.54, 1.807) is 7.05 Å². The van der Waals surface area contributed by atoms with Gasteiger partial charge >= 0.3 is 0 Å². The maximum absolute atomic E-state index is 9.04. The van der Waals surface area contributed by atoms with Crippen molar-refractivity contribution in [3.63, 3.8) is 0 Å². The summed E-state index contributed by atoms with van der Waals surface area (Å²) in [7, 11) is 1.78. The smallest absolute Gasteiger partial charge is 0.144 e. The number of anilines is 1. The zero-order valence-electron chi connectivity index (χ0n) is 10.8. The number of hydrogen-bond acceptors (Lipinski definition) is 3. The van der Waals surface area contributed by atoms with Crippen molar-refractivity contribution >= 4 is 5.82 Å². The van der Waals surface area contributed by atoms with E-state index in [-0.39, 0.29) is 0 Å². The Balaban J connectivity index is 2.58. The van der Waals surface area contributed by atoms with Gasteiger partial charge in [-0.2, -0.15) is 5.26 Å². The minimum atomic E-state index is 0.575. The molecule has 0 amide bonds. The third-order valence-electron chi connectivity index (χ3n) is 2.90. The van der Waals surface area contributed by atoms with Crippen LogP contribution in [0.25, 0.3) is 11.3 Å². The van der Waals surface area contributed by atoms with Crippen LogP contribution in [-0.4, -0.2) is 12.0 Å². The van der Waals surface area contributed by atoms with E-state index >= 15 is 0 Å². The van der Waals surface area contributed by atoms with Gasteiger partial charge in [-0.15, -0.1) is 0 Å². The third kappa shape index (κ3) is 2.18. The van der Waals surface area contributed by atoms with E-state index in [1.165, 1.54) is 5.56 Å². The van der Waals surface area contributed by atoms with Gasteiger partial charge in [-0.05, 0) is 25.5 Å². The Hall–Kier alpha value is -2.34. The summed E-state index contributed by atoms with van der Waals surface area (Å²) in [6.45, 7) is 4.03. The molecule has 0 unspecified atom stereocenters. The number of aromatic nitrogens is 1. The molecule has 0 spiro atoms. The standard InChI is InChI=1S/C15H15N3/c1-10-4-6-12(7-5-10)14-11(2)8-13(9-16)15(17-3)18-14/h4-8H,1-3H3,(H,17,18). The zero-order chi connectivity index (χ0) is 13.1. The number of nitrogens with zero attached hydrogens (tertiary/aromatic N) is 2. The topological polar surface area (TPSA) is 48.7 Å². The van der Waals surface area contributed by atoms with Gasteiger partial charge in [0.05, 0.1) is 11.3 Å². The summed E-state index contributed by atoms with van der Waals surface area (Å²) < 4.78 is 0. The van der Waals surface area contributed by atoms with Gasteiger partial charge < -0.3 is 5.32 Å². The van der Waals surface area contributed by atoms with Crippen LogP contribution in [0.5, 0.6) is 0 Å². The summed E-state index contributed by atoms with van der Waals surface area (Å²) in [6, 6.07) is 12.2. The highest BCUT2D eigenvalue weighted by molar-refractivity contribution is 5.68. The second-order valence-corrected chi connectivity index (χ2v) is 4.28. The van der Waals surface area contributed by atoms with Crippen molar-refractivity contribution in [1.29, 1.82) is 5.26 Å². The van der Waals surface area contributed by atoms with Crippen LogP contribution in [0.1, 0.15) is 16.7 Å². The second-order valence-electron chi connectivity index (χ2n) is 4.28. The summed E-state index contributed by atoms with van der Waals surface area (Å²) in [5.41, 5.74) is 4.79. The lowest BCUT2D eigenvalue weighted by Gasteiger charge is -2.10.